The fourth-order valence-corrected chi connectivity index (χ4v) is 3.61. The maximum Gasteiger partial charge on any atom is 0.437 e. The molecule has 0 bridgehead atoms. The molecule has 0 spiro atoms. The van der Waals surface area contributed by atoms with E-state index in [-0.39, 0.29) is 6.10 Å². The lowest BCUT2D eigenvalue weighted by atomic mass is 9.97. The maximum absolute atomic E-state index is 5.69. The van der Waals surface area contributed by atoms with Crippen LogP contribution in [-0.2, 0) is 11.5 Å². The van der Waals surface area contributed by atoms with Crippen molar-refractivity contribution in [3.05, 3.63) is 90.8 Å². The first kappa shape index (κ1) is 20.8. The molecule has 0 atom stereocenters. The predicted molar refractivity (Wildman–Crippen MR) is 120 cm³/mol. The van der Waals surface area contributed by atoms with Crippen molar-refractivity contribution in [2.24, 2.45) is 0 Å². The summed E-state index contributed by atoms with van der Waals surface area (Å²) < 4.78 is 9.71. The summed E-state index contributed by atoms with van der Waals surface area (Å²) in [7, 11) is 0. The largest absolute Gasteiger partial charge is 0.437 e. The van der Waals surface area contributed by atoms with E-state index in [2.05, 4.69) is 83.4 Å². The van der Waals surface area contributed by atoms with Gasteiger partial charge < -0.3 is 4.74 Å². The Morgan fingerprint density at radius 3 is 1.94 bits per heavy atom. The highest BCUT2D eigenvalue weighted by atomic mass is 16.5. The molecule has 4 aromatic rings. The van der Waals surface area contributed by atoms with E-state index in [1.165, 1.54) is 33.4 Å². The Morgan fingerprint density at radius 1 is 0.806 bits per heavy atom. The van der Waals surface area contributed by atoms with Crippen LogP contribution in [-0.4, -0.2) is 16.1 Å². The third-order valence-corrected chi connectivity index (χ3v) is 5.22. The molecule has 3 heterocycles. The summed E-state index contributed by atoms with van der Waals surface area (Å²) >= 11 is 0. The van der Waals surface area contributed by atoms with Gasteiger partial charge in [-0.25, -0.2) is 4.57 Å². The molecule has 3 aromatic heterocycles. The summed E-state index contributed by atoms with van der Waals surface area (Å²) in [5, 5.41) is 0. The first-order valence-corrected chi connectivity index (χ1v) is 10.5. The third kappa shape index (κ3) is 4.84. The van der Waals surface area contributed by atoms with E-state index in [0.29, 0.717) is 12.7 Å². The predicted octanol–water partition coefficient (Wildman–Crippen LogP) is 4.37. The van der Waals surface area contributed by atoms with E-state index < -0.39 is 0 Å². The molecule has 0 aliphatic heterocycles. The summed E-state index contributed by atoms with van der Waals surface area (Å²) in [5.41, 5.74) is 7.23. The van der Waals surface area contributed by atoms with E-state index in [0.717, 1.165) is 0 Å². The van der Waals surface area contributed by atoms with Gasteiger partial charge in [-0.2, -0.15) is 4.57 Å². The van der Waals surface area contributed by atoms with Gasteiger partial charge >= 0.3 is 5.95 Å². The molecular formula is C26H28N4O+2. The molecule has 5 heteroatoms. The molecule has 156 valence electrons. The number of aryl methyl sites for hydroxylation is 2. The van der Waals surface area contributed by atoms with Gasteiger partial charge in [0.2, 0.25) is 0 Å². The fourth-order valence-electron chi connectivity index (χ4n) is 3.61. The van der Waals surface area contributed by atoms with E-state index in [4.69, 9.17) is 4.74 Å². The Morgan fingerprint density at radius 2 is 1.39 bits per heavy atom. The number of rotatable bonds is 6. The molecule has 0 saturated heterocycles. The van der Waals surface area contributed by atoms with Crippen LogP contribution in [0, 0.1) is 13.8 Å². The maximum atomic E-state index is 5.69. The lowest BCUT2D eigenvalue weighted by Crippen LogP contribution is -2.35. The SMILES string of the molecule is Cc1c[n+](COC(C)C)ccc1-c1ccc(-c2cc[n+](-c3ncccn3)cc2C)cc1. The van der Waals surface area contributed by atoms with Crippen molar-refractivity contribution < 1.29 is 13.9 Å². The summed E-state index contributed by atoms with van der Waals surface area (Å²) in [6.07, 6.45) is 12.0. The van der Waals surface area contributed by atoms with Crippen molar-refractivity contribution >= 4 is 0 Å². The molecule has 0 amide bonds. The monoisotopic (exact) mass is 412 g/mol. The van der Waals surface area contributed by atoms with Gasteiger partial charge in [-0.1, -0.05) is 34.2 Å². The Labute approximate surface area is 183 Å². The molecule has 0 unspecified atom stereocenters. The Bertz CT molecular complexity index is 1170. The summed E-state index contributed by atoms with van der Waals surface area (Å²) in [6.45, 7) is 8.92. The van der Waals surface area contributed by atoms with Gasteiger partial charge in [-0.15, -0.1) is 0 Å². The number of ether oxygens (including phenoxy) is 1. The normalized spacial score (nSPS) is 11.1. The fraction of sp³-hybridized carbons (Fsp3) is 0.231. The lowest BCUT2D eigenvalue weighted by Gasteiger charge is -2.10. The Balaban J connectivity index is 1.56. The molecule has 0 aliphatic carbocycles. The van der Waals surface area contributed by atoms with Crippen molar-refractivity contribution in [2.75, 3.05) is 0 Å². The summed E-state index contributed by atoms with van der Waals surface area (Å²) in [6, 6.07) is 14.8. The second kappa shape index (κ2) is 9.14. The van der Waals surface area contributed by atoms with Crippen LogP contribution < -0.4 is 9.13 Å². The Hall–Kier alpha value is -3.44. The molecule has 0 N–H and O–H groups in total. The number of pyridine rings is 2. The second-order valence-electron chi connectivity index (χ2n) is 7.98. The molecule has 0 saturated carbocycles. The molecule has 1 aromatic carbocycles. The van der Waals surface area contributed by atoms with Crippen LogP contribution >= 0.6 is 0 Å². The van der Waals surface area contributed by atoms with E-state index in [1.807, 2.05) is 30.7 Å². The Kier molecular flexibility index (Phi) is 6.14. The minimum atomic E-state index is 0.219. The topological polar surface area (TPSA) is 42.8 Å². The van der Waals surface area contributed by atoms with Crippen molar-refractivity contribution in [3.63, 3.8) is 0 Å². The second-order valence-corrected chi connectivity index (χ2v) is 7.98. The molecule has 0 aliphatic rings. The van der Waals surface area contributed by atoms with E-state index in [9.17, 15) is 0 Å². The smallest absolute Gasteiger partial charge is 0.321 e. The lowest BCUT2D eigenvalue weighted by molar-refractivity contribution is -0.734. The van der Waals surface area contributed by atoms with Gasteiger partial charge in [0.1, 0.15) is 12.4 Å². The van der Waals surface area contributed by atoms with Crippen molar-refractivity contribution in [3.8, 4) is 28.2 Å². The number of nitrogens with zero attached hydrogens (tertiary/aromatic N) is 4. The summed E-state index contributed by atoms with van der Waals surface area (Å²) in [5.74, 6) is 0.670. The van der Waals surface area contributed by atoms with Crippen LogP contribution in [0.4, 0.5) is 0 Å². The minimum Gasteiger partial charge on any atom is -0.321 e. The average molecular weight is 413 g/mol. The molecule has 0 radical (unpaired) electrons. The zero-order valence-electron chi connectivity index (χ0n) is 18.5. The van der Waals surface area contributed by atoms with Crippen LogP contribution in [0.25, 0.3) is 28.2 Å². The number of hydrogen-bond donors (Lipinski definition) is 0. The van der Waals surface area contributed by atoms with Crippen molar-refractivity contribution in [1.29, 1.82) is 0 Å². The van der Waals surface area contributed by atoms with Crippen LogP contribution in [0.3, 0.4) is 0 Å². The van der Waals surface area contributed by atoms with Crippen LogP contribution in [0.15, 0.2) is 79.6 Å². The highest BCUT2D eigenvalue weighted by molar-refractivity contribution is 5.72. The van der Waals surface area contributed by atoms with Gasteiger partial charge in [0.05, 0.1) is 18.5 Å². The van der Waals surface area contributed by atoms with Gasteiger partial charge in [-0.05, 0) is 61.6 Å². The number of hydrogen-bond acceptors (Lipinski definition) is 3. The summed E-state index contributed by atoms with van der Waals surface area (Å²) in [4.78, 5) is 8.63. The van der Waals surface area contributed by atoms with E-state index in [1.54, 1.807) is 12.4 Å². The highest BCUT2D eigenvalue weighted by Gasteiger charge is 2.12. The van der Waals surface area contributed by atoms with Crippen LogP contribution in [0.1, 0.15) is 25.0 Å². The highest BCUT2D eigenvalue weighted by Crippen LogP contribution is 2.27. The minimum absolute atomic E-state index is 0.219. The van der Waals surface area contributed by atoms with Gasteiger partial charge in [0.15, 0.2) is 12.4 Å². The number of aromatic nitrogens is 4. The molecule has 4 rings (SSSR count). The third-order valence-electron chi connectivity index (χ3n) is 5.22. The van der Waals surface area contributed by atoms with Crippen molar-refractivity contribution in [1.82, 2.24) is 9.97 Å². The molecule has 0 fully saturated rings. The quantitative estimate of drug-likeness (QED) is 0.442. The molecule has 31 heavy (non-hydrogen) atoms. The van der Waals surface area contributed by atoms with E-state index >= 15 is 0 Å². The van der Waals surface area contributed by atoms with Gasteiger partial charge in [0, 0.05) is 17.7 Å². The average Bonchev–Trinajstić information content (AvgIpc) is 2.78. The molecule has 5 nitrogen and oxygen atoms in total. The zero-order valence-corrected chi connectivity index (χ0v) is 18.5. The van der Waals surface area contributed by atoms with Crippen LogP contribution in [0.2, 0.25) is 0 Å². The van der Waals surface area contributed by atoms with Crippen molar-refractivity contribution in [2.45, 2.75) is 40.5 Å². The first-order valence-electron chi connectivity index (χ1n) is 10.5. The van der Waals surface area contributed by atoms with Gasteiger partial charge in [0.25, 0.3) is 6.73 Å². The molecular weight excluding hydrogens is 384 g/mol. The number of benzene rings is 1. The zero-order chi connectivity index (χ0) is 21.8. The first-order chi connectivity index (χ1) is 15.0. The van der Waals surface area contributed by atoms with Crippen LogP contribution in [0.5, 0.6) is 0 Å². The standard InChI is InChI=1S/C26H28N4O/c1-19(2)31-18-29-14-10-24(20(3)16-29)22-6-8-23(9-7-22)25-11-15-30(17-21(25)4)26-27-12-5-13-28-26/h5-17,19H,18H2,1-4H3/q+2. The van der Waals surface area contributed by atoms with Gasteiger partial charge in [-0.3, -0.25) is 0 Å².